The highest BCUT2D eigenvalue weighted by Gasteiger charge is 2.13. The smallest absolute Gasteiger partial charge is 0.225 e. The summed E-state index contributed by atoms with van der Waals surface area (Å²) in [5.74, 6) is 1.74. The molecule has 2 heterocycles. The van der Waals surface area contributed by atoms with Gasteiger partial charge in [0.05, 0.1) is 5.39 Å². The van der Waals surface area contributed by atoms with Crippen molar-refractivity contribution in [1.82, 2.24) is 9.97 Å². The maximum Gasteiger partial charge on any atom is 0.225 e. The van der Waals surface area contributed by atoms with Gasteiger partial charge in [-0.05, 0) is 19.4 Å². The Balaban J connectivity index is 2.33. The van der Waals surface area contributed by atoms with Gasteiger partial charge in [-0.1, -0.05) is 19.8 Å². The van der Waals surface area contributed by atoms with Crippen molar-refractivity contribution >= 4 is 33.3 Å². The zero-order valence-corrected chi connectivity index (χ0v) is 13.0. The third-order valence-corrected chi connectivity index (χ3v) is 4.12. The summed E-state index contributed by atoms with van der Waals surface area (Å²) in [4.78, 5) is 13.7. The number of aryl methyl sites for hydroxylation is 1. The molecule has 104 valence electrons. The molecule has 2 aromatic heterocycles. The van der Waals surface area contributed by atoms with Crippen LogP contribution in [0.25, 0.3) is 10.2 Å². The van der Waals surface area contributed by atoms with Crippen molar-refractivity contribution < 1.29 is 0 Å². The minimum atomic E-state index is 0.701. The van der Waals surface area contributed by atoms with E-state index >= 15 is 0 Å². The molecule has 0 unspecified atom stereocenters. The van der Waals surface area contributed by atoms with Crippen molar-refractivity contribution in [2.75, 3.05) is 30.9 Å². The Morgan fingerprint density at radius 1 is 1.32 bits per heavy atom. The van der Waals surface area contributed by atoms with E-state index in [0.29, 0.717) is 5.95 Å². The fraction of sp³-hybridized carbons (Fsp3) is 0.571. The quantitative estimate of drug-likeness (QED) is 0.819. The van der Waals surface area contributed by atoms with E-state index in [1.54, 1.807) is 11.3 Å². The lowest BCUT2D eigenvalue weighted by Gasteiger charge is -2.19. The van der Waals surface area contributed by atoms with Crippen molar-refractivity contribution in [3.8, 4) is 0 Å². The maximum absolute atomic E-state index is 4.62. The number of thiophene rings is 1. The van der Waals surface area contributed by atoms with E-state index in [4.69, 9.17) is 0 Å². The number of hydrogen-bond acceptors (Lipinski definition) is 5. The topological polar surface area (TPSA) is 41.1 Å². The van der Waals surface area contributed by atoms with Crippen molar-refractivity contribution in [2.45, 2.75) is 33.1 Å². The molecule has 0 spiro atoms. The first kappa shape index (κ1) is 14.1. The van der Waals surface area contributed by atoms with E-state index in [1.807, 2.05) is 7.05 Å². The van der Waals surface area contributed by atoms with E-state index in [2.05, 4.69) is 47.1 Å². The number of nitrogens with one attached hydrogen (secondary N) is 1. The molecule has 0 aliphatic carbocycles. The molecule has 0 bridgehead atoms. The Hall–Kier alpha value is -1.36. The summed E-state index contributed by atoms with van der Waals surface area (Å²) in [6.45, 7) is 5.38. The van der Waals surface area contributed by atoms with Crippen LogP contribution in [0.1, 0.15) is 31.1 Å². The van der Waals surface area contributed by atoms with Crippen LogP contribution in [-0.2, 0) is 0 Å². The normalized spacial score (nSPS) is 10.9. The molecule has 0 atom stereocenters. The molecule has 2 rings (SSSR count). The number of unbranched alkanes of at least 4 members (excludes halogenated alkanes) is 2. The predicted octanol–water partition coefficient (Wildman–Crippen LogP) is 3.67. The second-order valence-corrected chi connectivity index (χ2v) is 6.06. The van der Waals surface area contributed by atoms with Gasteiger partial charge in [-0.15, -0.1) is 11.3 Å². The highest BCUT2D eigenvalue weighted by Crippen LogP contribution is 2.31. The third kappa shape index (κ3) is 3.15. The van der Waals surface area contributed by atoms with Crippen molar-refractivity contribution in [1.29, 1.82) is 0 Å². The zero-order valence-electron chi connectivity index (χ0n) is 12.2. The largest absolute Gasteiger partial charge is 0.359 e. The van der Waals surface area contributed by atoms with Crippen LogP contribution in [0.4, 0.5) is 11.8 Å². The summed E-state index contributed by atoms with van der Waals surface area (Å²) < 4.78 is 0. The SMILES string of the molecule is CCCCCN(C)c1nc(NC)nc2sc(C)cc12. The van der Waals surface area contributed by atoms with Crippen molar-refractivity contribution in [3.63, 3.8) is 0 Å². The first-order valence-corrected chi connectivity index (χ1v) is 7.64. The number of fused-ring (bicyclic) bond motifs is 1. The molecule has 4 nitrogen and oxygen atoms in total. The third-order valence-electron chi connectivity index (χ3n) is 3.18. The van der Waals surface area contributed by atoms with E-state index in [-0.39, 0.29) is 0 Å². The fourth-order valence-corrected chi connectivity index (χ4v) is 3.01. The molecule has 0 aliphatic heterocycles. The molecular weight excluding hydrogens is 256 g/mol. The minimum Gasteiger partial charge on any atom is -0.359 e. The van der Waals surface area contributed by atoms with E-state index < -0.39 is 0 Å². The Morgan fingerprint density at radius 2 is 2.11 bits per heavy atom. The van der Waals surface area contributed by atoms with Gasteiger partial charge in [0, 0.05) is 25.5 Å². The number of nitrogens with zero attached hydrogens (tertiary/aromatic N) is 3. The number of anilines is 2. The molecule has 2 aromatic rings. The lowest BCUT2D eigenvalue weighted by atomic mass is 10.2. The first-order chi connectivity index (χ1) is 9.15. The minimum absolute atomic E-state index is 0.701. The van der Waals surface area contributed by atoms with Gasteiger partial charge in [0.2, 0.25) is 5.95 Å². The highest BCUT2D eigenvalue weighted by atomic mass is 32.1. The van der Waals surface area contributed by atoms with Crippen LogP contribution in [0.2, 0.25) is 0 Å². The molecule has 0 aromatic carbocycles. The van der Waals surface area contributed by atoms with Gasteiger partial charge >= 0.3 is 0 Å². The summed E-state index contributed by atoms with van der Waals surface area (Å²) in [5.41, 5.74) is 0. The van der Waals surface area contributed by atoms with Crippen LogP contribution in [0.15, 0.2) is 6.07 Å². The standard InChI is InChI=1S/C14H22N4S/c1-5-6-7-8-18(4)12-11-9-10(2)19-13(11)17-14(15-3)16-12/h9H,5-8H2,1-4H3,(H,15,16,17). The number of aromatic nitrogens is 2. The lowest BCUT2D eigenvalue weighted by molar-refractivity contribution is 0.702. The van der Waals surface area contributed by atoms with Crippen LogP contribution in [0, 0.1) is 6.92 Å². The van der Waals surface area contributed by atoms with Crippen LogP contribution >= 0.6 is 11.3 Å². The zero-order chi connectivity index (χ0) is 13.8. The van der Waals surface area contributed by atoms with Gasteiger partial charge < -0.3 is 10.2 Å². The van der Waals surface area contributed by atoms with Gasteiger partial charge in [0.15, 0.2) is 0 Å². The molecule has 0 saturated heterocycles. The van der Waals surface area contributed by atoms with Gasteiger partial charge in [-0.2, -0.15) is 4.98 Å². The molecular formula is C14H22N4S. The lowest BCUT2D eigenvalue weighted by Crippen LogP contribution is -2.20. The molecule has 5 heteroatoms. The summed E-state index contributed by atoms with van der Waals surface area (Å²) in [6.07, 6.45) is 3.71. The van der Waals surface area contributed by atoms with E-state index in [0.717, 1.165) is 17.2 Å². The van der Waals surface area contributed by atoms with Crippen LogP contribution in [0.5, 0.6) is 0 Å². The molecule has 0 aliphatic rings. The van der Waals surface area contributed by atoms with Crippen LogP contribution < -0.4 is 10.2 Å². The Labute approximate surface area is 118 Å². The van der Waals surface area contributed by atoms with Gasteiger partial charge in [-0.25, -0.2) is 4.98 Å². The Kier molecular flexibility index (Phi) is 4.58. The second-order valence-electron chi connectivity index (χ2n) is 4.83. The Bertz CT molecular complexity index is 550. The van der Waals surface area contributed by atoms with Crippen LogP contribution in [-0.4, -0.2) is 30.6 Å². The van der Waals surface area contributed by atoms with Crippen molar-refractivity contribution in [3.05, 3.63) is 10.9 Å². The van der Waals surface area contributed by atoms with Crippen molar-refractivity contribution in [2.24, 2.45) is 0 Å². The van der Waals surface area contributed by atoms with Gasteiger partial charge in [0.1, 0.15) is 10.6 Å². The fourth-order valence-electron chi connectivity index (χ4n) is 2.13. The number of rotatable bonds is 6. The molecule has 0 fully saturated rings. The monoisotopic (exact) mass is 278 g/mol. The average Bonchev–Trinajstić information content (AvgIpc) is 2.77. The van der Waals surface area contributed by atoms with E-state index in [1.165, 1.54) is 29.5 Å². The summed E-state index contributed by atoms with van der Waals surface area (Å²) in [7, 11) is 3.98. The Morgan fingerprint density at radius 3 is 2.79 bits per heavy atom. The number of hydrogen-bond donors (Lipinski definition) is 1. The molecule has 0 saturated carbocycles. The second kappa shape index (κ2) is 6.19. The van der Waals surface area contributed by atoms with Gasteiger partial charge in [-0.3, -0.25) is 0 Å². The molecule has 19 heavy (non-hydrogen) atoms. The highest BCUT2D eigenvalue weighted by molar-refractivity contribution is 7.18. The molecule has 1 N–H and O–H groups in total. The predicted molar refractivity (Wildman–Crippen MR) is 84.5 cm³/mol. The summed E-state index contributed by atoms with van der Waals surface area (Å²) in [5, 5.41) is 4.22. The maximum atomic E-state index is 4.62. The molecule has 0 amide bonds. The summed E-state index contributed by atoms with van der Waals surface area (Å²) >= 11 is 1.72. The first-order valence-electron chi connectivity index (χ1n) is 6.82. The van der Waals surface area contributed by atoms with Gasteiger partial charge in [0.25, 0.3) is 0 Å². The van der Waals surface area contributed by atoms with E-state index in [9.17, 15) is 0 Å². The molecule has 0 radical (unpaired) electrons. The van der Waals surface area contributed by atoms with Crippen LogP contribution in [0.3, 0.4) is 0 Å². The summed E-state index contributed by atoms with van der Waals surface area (Å²) in [6, 6.07) is 2.19. The average molecular weight is 278 g/mol.